The van der Waals surface area contributed by atoms with Crippen molar-refractivity contribution < 1.29 is 36.8 Å². The first-order chi connectivity index (χ1) is 25.8. The van der Waals surface area contributed by atoms with Crippen molar-refractivity contribution in [2.24, 2.45) is 5.41 Å². The van der Waals surface area contributed by atoms with E-state index in [1.807, 2.05) is 42.7 Å². The number of amides is 2. The molecule has 0 radical (unpaired) electrons. The fourth-order valence-corrected chi connectivity index (χ4v) is 10.1. The van der Waals surface area contributed by atoms with Gasteiger partial charge in [0, 0.05) is 23.7 Å². The molecule has 3 aromatic carbocycles. The van der Waals surface area contributed by atoms with Crippen molar-refractivity contribution in [2.45, 2.75) is 114 Å². The molecule has 0 spiro atoms. The van der Waals surface area contributed by atoms with Crippen molar-refractivity contribution in [1.82, 2.24) is 10.6 Å². The molecule has 0 saturated carbocycles. The second-order valence-electron chi connectivity index (χ2n) is 15.9. The van der Waals surface area contributed by atoms with Crippen molar-refractivity contribution in [3.8, 4) is 5.75 Å². The average molecular weight is 814 g/mol. The highest BCUT2D eigenvalue weighted by Gasteiger charge is 2.45. The smallest absolute Gasteiger partial charge is 0.337 e. The summed E-state index contributed by atoms with van der Waals surface area (Å²) in [5.74, 6) is -1.16. The van der Waals surface area contributed by atoms with Crippen molar-refractivity contribution in [2.75, 3.05) is 30.1 Å². The molecular formula is C41H56N3O8PS2. The molecule has 1 aliphatic rings. The number of para-hydroxylation sites is 1. The van der Waals surface area contributed by atoms with Crippen LogP contribution in [0.25, 0.3) is 0 Å². The third kappa shape index (κ3) is 11.8. The third-order valence-electron chi connectivity index (χ3n) is 9.09. The number of fused-ring (bicyclic) bond motifs is 1. The molecule has 0 aromatic heterocycles. The summed E-state index contributed by atoms with van der Waals surface area (Å²) in [7, 11) is -4.46. The summed E-state index contributed by atoms with van der Waals surface area (Å²) in [6, 6.07) is 20.5. The predicted molar refractivity (Wildman–Crippen MR) is 219 cm³/mol. The molecule has 0 fully saturated rings. The first-order valence-electron chi connectivity index (χ1n) is 18.6. The van der Waals surface area contributed by atoms with Crippen LogP contribution in [-0.4, -0.2) is 62.2 Å². The topological polar surface area (TPSA) is 140 Å². The molecule has 0 bridgehead atoms. The Hall–Kier alpha value is -3.48. The van der Waals surface area contributed by atoms with E-state index in [0.29, 0.717) is 29.1 Å². The van der Waals surface area contributed by atoms with E-state index >= 15 is 0 Å². The van der Waals surface area contributed by atoms with Crippen molar-refractivity contribution in [3.63, 3.8) is 0 Å². The number of thioether (sulfide) groups is 1. The van der Waals surface area contributed by atoms with E-state index in [0.717, 1.165) is 24.9 Å². The van der Waals surface area contributed by atoms with Gasteiger partial charge < -0.3 is 24.4 Å². The number of carbonyl (C=O) groups excluding carboxylic acids is 2. The van der Waals surface area contributed by atoms with E-state index in [2.05, 4.69) is 29.4 Å². The summed E-state index contributed by atoms with van der Waals surface area (Å²) in [6.07, 6.45) is 5.19. The molecule has 1 heterocycles. The summed E-state index contributed by atoms with van der Waals surface area (Å²) < 4.78 is 59.5. The molecule has 55 heavy (non-hydrogen) atoms. The fourth-order valence-electron chi connectivity index (χ4n) is 6.62. The minimum atomic E-state index is -3.80. The van der Waals surface area contributed by atoms with Gasteiger partial charge in [-0.1, -0.05) is 75.2 Å². The second-order valence-corrected chi connectivity index (χ2v) is 19.5. The van der Waals surface area contributed by atoms with Gasteiger partial charge >= 0.3 is 5.65 Å². The number of ether oxygens (including phenoxy) is 3. The van der Waals surface area contributed by atoms with Gasteiger partial charge in [-0.05, 0) is 84.4 Å². The van der Waals surface area contributed by atoms with Gasteiger partial charge in [0.05, 0.1) is 32.4 Å². The van der Waals surface area contributed by atoms with E-state index in [4.69, 9.17) is 14.2 Å². The first kappa shape index (κ1) is 44.2. The summed E-state index contributed by atoms with van der Waals surface area (Å²) in [5, 5.41) is 5.38. The van der Waals surface area contributed by atoms with E-state index in [1.54, 1.807) is 71.9 Å². The van der Waals surface area contributed by atoms with Crippen LogP contribution < -0.4 is 20.3 Å². The standard InChI is InChI=1S/C41H56N3O8PS2/c1-10-12-23-40(11-2)27-44(30-21-17-14-18-22-30)31-24-33(54-9)32(25-34(31)55(48,49)28-40)50-26-35(45)42-36(29-19-15-13-16-20-29)37(46)43-41(53-47,51-38(3,4)5)52-39(6,7)8/h13-22,24-25,36H,10-12,23,26-28H2,1-9H3,(H,42,45)(H,43,46)/t36-,40?/m1/s1. The van der Waals surface area contributed by atoms with Crippen LogP contribution in [0.4, 0.5) is 11.4 Å². The van der Waals surface area contributed by atoms with Gasteiger partial charge in [0.25, 0.3) is 11.8 Å². The van der Waals surface area contributed by atoms with E-state index in [1.165, 1.54) is 17.8 Å². The Balaban J connectivity index is 1.67. The van der Waals surface area contributed by atoms with Gasteiger partial charge in [-0.25, -0.2) is 8.42 Å². The Morgan fingerprint density at radius 3 is 2.07 bits per heavy atom. The van der Waals surface area contributed by atoms with Gasteiger partial charge in [0.2, 0.25) is 8.46 Å². The Kier molecular flexibility index (Phi) is 14.6. The van der Waals surface area contributed by atoms with Crippen LogP contribution >= 0.6 is 20.2 Å². The predicted octanol–water partition coefficient (Wildman–Crippen LogP) is 8.81. The third-order valence-corrected chi connectivity index (χ3v) is 12.4. The van der Waals surface area contributed by atoms with Crippen LogP contribution in [0.3, 0.4) is 0 Å². The summed E-state index contributed by atoms with van der Waals surface area (Å²) in [6.45, 7) is 14.6. The van der Waals surface area contributed by atoms with Crippen LogP contribution in [0, 0.1) is 5.41 Å². The molecule has 14 heteroatoms. The molecule has 300 valence electrons. The lowest BCUT2D eigenvalue weighted by Gasteiger charge is -2.39. The molecule has 3 aromatic rings. The number of sulfone groups is 1. The molecule has 2 atom stereocenters. The molecule has 1 aliphatic heterocycles. The monoisotopic (exact) mass is 813 g/mol. The Bertz CT molecular complexity index is 1880. The maximum Gasteiger partial charge on any atom is 0.337 e. The number of nitrogens with zero attached hydrogens (tertiary/aromatic N) is 1. The molecule has 2 N–H and O–H groups in total. The zero-order valence-electron chi connectivity index (χ0n) is 33.4. The lowest BCUT2D eigenvalue weighted by Crippen LogP contribution is -2.57. The summed E-state index contributed by atoms with van der Waals surface area (Å²) >= 11 is 1.38. The molecule has 0 saturated heterocycles. The summed E-state index contributed by atoms with van der Waals surface area (Å²) in [4.78, 5) is 30.6. The highest BCUT2D eigenvalue weighted by molar-refractivity contribution is 7.98. The number of benzene rings is 3. The fraction of sp³-hybridized carbons (Fsp3) is 0.512. The largest absolute Gasteiger partial charge is 0.483 e. The quantitative estimate of drug-likeness (QED) is 0.0819. The highest BCUT2D eigenvalue weighted by Crippen LogP contribution is 2.47. The minimum absolute atomic E-state index is 0.0125. The van der Waals surface area contributed by atoms with Crippen molar-refractivity contribution in [1.29, 1.82) is 0 Å². The SMILES string of the molecule is CCCCC1(CC)CN(c2ccccc2)c2cc(SC)c(OCC(=O)N[C@@H](C(=O)NC(OC(C)(C)C)(OC(C)(C)C)P=O)c3ccccc3)cc2S(=O)(=O)C1. The minimum Gasteiger partial charge on any atom is -0.483 e. The number of hydrogen-bond acceptors (Lipinski definition) is 10. The van der Waals surface area contributed by atoms with Gasteiger partial charge in [-0.3, -0.25) is 19.5 Å². The molecule has 2 amide bonds. The van der Waals surface area contributed by atoms with Crippen LogP contribution in [0.5, 0.6) is 5.75 Å². The van der Waals surface area contributed by atoms with Crippen LogP contribution in [0.1, 0.15) is 92.7 Å². The number of hydrogen-bond donors (Lipinski definition) is 2. The van der Waals surface area contributed by atoms with E-state index < -0.39 is 65.0 Å². The zero-order valence-corrected chi connectivity index (χ0v) is 36.0. The van der Waals surface area contributed by atoms with Crippen LogP contribution in [-0.2, 0) is 33.5 Å². The number of nitrogens with one attached hydrogen (secondary N) is 2. The highest BCUT2D eigenvalue weighted by atomic mass is 32.2. The molecule has 11 nitrogen and oxygen atoms in total. The first-order valence-corrected chi connectivity index (χ1v) is 22.3. The van der Waals surface area contributed by atoms with Crippen molar-refractivity contribution >= 4 is 53.2 Å². The Morgan fingerprint density at radius 1 is 0.945 bits per heavy atom. The van der Waals surface area contributed by atoms with Gasteiger partial charge in [0.1, 0.15) is 11.8 Å². The number of anilines is 2. The van der Waals surface area contributed by atoms with Crippen LogP contribution in [0.2, 0.25) is 0 Å². The maximum atomic E-state index is 14.3. The van der Waals surface area contributed by atoms with Gasteiger partial charge in [-0.15, -0.1) is 11.8 Å². The molecule has 4 rings (SSSR count). The number of unbranched alkanes of at least 4 members (excludes halogenated alkanes) is 1. The van der Waals surface area contributed by atoms with Gasteiger partial charge in [-0.2, -0.15) is 0 Å². The normalized spacial score (nSPS) is 17.9. The maximum absolute atomic E-state index is 14.3. The molecular weight excluding hydrogens is 758 g/mol. The van der Waals surface area contributed by atoms with Crippen molar-refractivity contribution in [3.05, 3.63) is 78.4 Å². The molecule has 1 unspecified atom stereocenters. The van der Waals surface area contributed by atoms with E-state index in [9.17, 15) is 22.6 Å². The summed E-state index contributed by atoms with van der Waals surface area (Å²) in [5.41, 5.74) is -2.40. The molecule has 0 aliphatic carbocycles. The Morgan fingerprint density at radius 2 is 1.55 bits per heavy atom. The second kappa shape index (κ2) is 18.2. The van der Waals surface area contributed by atoms with E-state index in [-0.39, 0.29) is 16.4 Å². The zero-order chi connectivity index (χ0) is 40.7. The Labute approximate surface area is 332 Å². The lowest BCUT2D eigenvalue weighted by molar-refractivity contribution is -0.272. The number of rotatable bonds is 16. The van der Waals surface area contributed by atoms with Gasteiger partial charge in [0.15, 0.2) is 16.4 Å². The van der Waals surface area contributed by atoms with Crippen LogP contribution in [0.15, 0.2) is 82.6 Å². The number of carbonyl (C=O) groups is 2. The average Bonchev–Trinajstić information content (AvgIpc) is 3.22. The lowest BCUT2D eigenvalue weighted by atomic mass is 9.81.